The molecule has 0 aliphatic rings. The van der Waals surface area contributed by atoms with Gasteiger partial charge in [-0.1, -0.05) is 62.4 Å². The van der Waals surface area contributed by atoms with Crippen molar-refractivity contribution in [1.82, 2.24) is 4.98 Å². The highest BCUT2D eigenvalue weighted by molar-refractivity contribution is 5.86. The van der Waals surface area contributed by atoms with Crippen LogP contribution in [0.4, 0.5) is 0 Å². The van der Waals surface area contributed by atoms with Crippen LogP contribution in [0, 0.1) is 0 Å². The molecule has 0 saturated heterocycles. The lowest BCUT2D eigenvalue weighted by molar-refractivity contribution is -0.148. The van der Waals surface area contributed by atoms with Crippen molar-refractivity contribution in [2.45, 2.75) is 26.4 Å². The van der Waals surface area contributed by atoms with Gasteiger partial charge in [0, 0.05) is 24.2 Å². The lowest BCUT2D eigenvalue weighted by Crippen LogP contribution is -2.12. The molecule has 1 unspecified atom stereocenters. The third kappa shape index (κ3) is 6.60. The van der Waals surface area contributed by atoms with E-state index < -0.39 is 18.0 Å². The lowest BCUT2D eigenvalue weighted by Gasteiger charge is -2.09. The molecular formula is C21H25NO5. The number of ether oxygens (including phenoxy) is 1. The third-order valence-corrected chi connectivity index (χ3v) is 3.58. The van der Waals surface area contributed by atoms with Crippen LogP contribution in [0.1, 0.15) is 31.1 Å². The van der Waals surface area contributed by atoms with Crippen LogP contribution in [0.25, 0.3) is 10.9 Å². The molecule has 27 heavy (non-hydrogen) atoms. The van der Waals surface area contributed by atoms with Crippen molar-refractivity contribution in [3.8, 4) is 0 Å². The van der Waals surface area contributed by atoms with E-state index in [9.17, 15) is 9.59 Å². The summed E-state index contributed by atoms with van der Waals surface area (Å²) in [4.78, 5) is 24.1. The second kappa shape index (κ2) is 11.5. The first-order chi connectivity index (χ1) is 13.0. The number of carboxylic acid groups (broad SMARTS) is 2. The predicted octanol–water partition coefficient (Wildman–Crippen LogP) is 4.28. The number of aliphatic carboxylic acids is 2. The second-order valence-corrected chi connectivity index (χ2v) is 5.29. The molecule has 3 rings (SSSR count). The fourth-order valence-electron chi connectivity index (χ4n) is 2.45. The highest BCUT2D eigenvalue weighted by Gasteiger charge is 2.17. The maximum atomic E-state index is 10.6. The minimum Gasteiger partial charge on any atom is -0.481 e. The van der Waals surface area contributed by atoms with Gasteiger partial charge in [0.05, 0.1) is 6.42 Å². The molecule has 3 aromatic rings. The predicted molar refractivity (Wildman–Crippen MR) is 105 cm³/mol. The summed E-state index contributed by atoms with van der Waals surface area (Å²) in [5, 5.41) is 18.3. The summed E-state index contributed by atoms with van der Waals surface area (Å²) in [7, 11) is 1.38. The third-order valence-electron chi connectivity index (χ3n) is 3.58. The minimum atomic E-state index is -0.969. The number of aromatic nitrogens is 1. The Bertz CT molecular complexity index is 842. The van der Waals surface area contributed by atoms with E-state index in [4.69, 9.17) is 14.9 Å². The van der Waals surface area contributed by atoms with Crippen LogP contribution in [0.5, 0.6) is 0 Å². The molecule has 0 aliphatic carbocycles. The number of fused-ring (bicyclic) bond motifs is 1. The van der Waals surface area contributed by atoms with Gasteiger partial charge in [-0.15, -0.1) is 0 Å². The highest BCUT2D eigenvalue weighted by atomic mass is 16.5. The molecule has 1 heterocycles. The first kappa shape index (κ1) is 21.9. The van der Waals surface area contributed by atoms with Crippen LogP contribution in [-0.4, -0.2) is 34.2 Å². The van der Waals surface area contributed by atoms with Crippen LogP contribution in [0.15, 0.2) is 60.8 Å². The van der Waals surface area contributed by atoms with Gasteiger partial charge in [-0.2, -0.15) is 0 Å². The molecule has 144 valence electrons. The van der Waals surface area contributed by atoms with Crippen LogP contribution >= 0.6 is 0 Å². The zero-order valence-electron chi connectivity index (χ0n) is 15.7. The summed E-state index contributed by atoms with van der Waals surface area (Å²) in [5.74, 6) is -1.77. The molecule has 0 amide bonds. The number of para-hydroxylation sites is 1. The van der Waals surface area contributed by atoms with Gasteiger partial charge >= 0.3 is 11.9 Å². The van der Waals surface area contributed by atoms with Gasteiger partial charge < -0.3 is 19.9 Å². The number of hydrogen-bond acceptors (Lipinski definition) is 3. The Morgan fingerprint density at radius 1 is 1.00 bits per heavy atom. The van der Waals surface area contributed by atoms with Gasteiger partial charge in [0.2, 0.25) is 0 Å². The van der Waals surface area contributed by atoms with E-state index in [1.54, 1.807) is 30.5 Å². The Kier molecular flexibility index (Phi) is 9.33. The van der Waals surface area contributed by atoms with Crippen molar-refractivity contribution in [1.29, 1.82) is 0 Å². The number of carbonyl (C=O) groups is 2. The molecule has 2 aromatic carbocycles. The molecule has 0 aliphatic heterocycles. The topological polar surface area (TPSA) is 99.6 Å². The van der Waals surface area contributed by atoms with Crippen molar-refractivity contribution in [3.63, 3.8) is 0 Å². The molecule has 6 nitrogen and oxygen atoms in total. The van der Waals surface area contributed by atoms with E-state index in [-0.39, 0.29) is 6.42 Å². The molecular weight excluding hydrogens is 346 g/mol. The molecule has 0 saturated carbocycles. The average Bonchev–Trinajstić information content (AvgIpc) is 3.08. The van der Waals surface area contributed by atoms with Gasteiger partial charge in [0.15, 0.2) is 6.10 Å². The van der Waals surface area contributed by atoms with E-state index in [2.05, 4.69) is 4.98 Å². The summed E-state index contributed by atoms with van der Waals surface area (Å²) in [6, 6.07) is 16.5. The summed E-state index contributed by atoms with van der Waals surface area (Å²) >= 11 is 0. The number of aromatic amines is 1. The first-order valence-electron chi connectivity index (χ1n) is 8.60. The first-order valence-corrected chi connectivity index (χ1v) is 8.60. The molecule has 0 bridgehead atoms. The average molecular weight is 371 g/mol. The SMILES string of the molecule is CC.COC(C(=O)O)c1ccccc1.O=C(O)Cc1c[nH]c2ccccc12. The number of H-pyrrole nitrogens is 1. The standard InChI is InChI=1S/C10H9NO2.C9H10O3.C2H6/c12-10(13)5-7-6-11-9-4-2-1-3-8(7)9;1-12-8(9(10)11)7-5-3-2-4-6-7;1-2/h1-4,6,11H,5H2,(H,12,13);2-6,8H,1H3,(H,10,11);1-2H3. The number of carboxylic acids is 2. The molecule has 1 atom stereocenters. The monoisotopic (exact) mass is 371 g/mol. The van der Waals surface area contributed by atoms with Crippen LogP contribution in [-0.2, 0) is 20.7 Å². The molecule has 0 radical (unpaired) electrons. The largest absolute Gasteiger partial charge is 0.481 e. The quantitative estimate of drug-likeness (QED) is 0.622. The van der Waals surface area contributed by atoms with Crippen LogP contribution in [0.3, 0.4) is 0 Å². The molecule has 0 spiro atoms. The Morgan fingerprint density at radius 2 is 1.59 bits per heavy atom. The van der Waals surface area contributed by atoms with Crippen molar-refractivity contribution in [2.75, 3.05) is 7.11 Å². The zero-order chi connectivity index (χ0) is 20.2. The summed E-state index contributed by atoms with van der Waals surface area (Å²) in [6.45, 7) is 4.00. The molecule has 0 fully saturated rings. The van der Waals surface area contributed by atoms with Gasteiger partial charge in [-0.3, -0.25) is 4.79 Å². The lowest BCUT2D eigenvalue weighted by atomic mass is 10.1. The Labute approximate surface area is 158 Å². The van der Waals surface area contributed by atoms with E-state index in [0.29, 0.717) is 5.56 Å². The Balaban J connectivity index is 0.000000248. The van der Waals surface area contributed by atoms with E-state index in [1.165, 1.54) is 7.11 Å². The number of nitrogens with one attached hydrogen (secondary N) is 1. The van der Waals surface area contributed by atoms with Gasteiger partial charge in [0.1, 0.15) is 0 Å². The van der Waals surface area contributed by atoms with E-state index in [0.717, 1.165) is 16.5 Å². The highest BCUT2D eigenvalue weighted by Crippen LogP contribution is 2.18. The maximum absolute atomic E-state index is 10.6. The van der Waals surface area contributed by atoms with Crippen molar-refractivity contribution >= 4 is 22.8 Å². The zero-order valence-corrected chi connectivity index (χ0v) is 15.7. The normalized spacial score (nSPS) is 10.8. The fourth-order valence-corrected chi connectivity index (χ4v) is 2.45. The number of benzene rings is 2. The Hall–Kier alpha value is -3.12. The van der Waals surface area contributed by atoms with Crippen molar-refractivity contribution < 1.29 is 24.5 Å². The van der Waals surface area contributed by atoms with Gasteiger partial charge in [0.25, 0.3) is 0 Å². The summed E-state index contributed by atoms with van der Waals surface area (Å²) in [5.41, 5.74) is 2.48. The molecule has 1 aromatic heterocycles. The number of methoxy groups -OCH3 is 1. The van der Waals surface area contributed by atoms with E-state index in [1.807, 2.05) is 44.2 Å². The number of hydrogen-bond donors (Lipinski definition) is 3. The summed E-state index contributed by atoms with van der Waals surface area (Å²) < 4.78 is 4.80. The fraction of sp³-hybridized carbons (Fsp3) is 0.238. The minimum absolute atomic E-state index is 0.0734. The summed E-state index contributed by atoms with van der Waals surface area (Å²) in [6.07, 6.45) is 0.967. The van der Waals surface area contributed by atoms with E-state index >= 15 is 0 Å². The second-order valence-electron chi connectivity index (χ2n) is 5.29. The van der Waals surface area contributed by atoms with Crippen LogP contribution in [0.2, 0.25) is 0 Å². The van der Waals surface area contributed by atoms with Crippen molar-refractivity contribution in [3.05, 3.63) is 71.9 Å². The maximum Gasteiger partial charge on any atom is 0.337 e. The Morgan fingerprint density at radius 3 is 2.15 bits per heavy atom. The smallest absolute Gasteiger partial charge is 0.337 e. The van der Waals surface area contributed by atoms with Gasteiger partial charge in [-0.25, -0.2) is 4.79 Å². The van der Waals surface area contributed by atoms with Crippen molar-refractivity contribution in [2.24, 2.45) is 0 Å². The number of rotatable bonds is 5. The van der Waals surface area contributed by atoms with Gasteiger partial charge in [-0.05, 0) is 17.2 Å². The molecule has 3 N–H and O–H groups in total. The molecule has 6 heteroatoms. The van der Waals surface area contributed by atoms with Crippen LogP contribution < -0.4 is 0 Å².